The summed E-state index contributed by atoms with van der Waals surface area (Å²) >= 11 is 0. The predicted molar refractivity (Wildman–Crippen MR) is 114 cm³/mol. The molecule has 1 rings (SSSR count). The molecule has 1 nitrogen and oxygen atoms in total. The summed E-state index contributed by atoms with van der Waals surface area (Å²) < 4.78 is 0. The van der Waals surface area contributed by atoms with Crippen LogP contribution in [0.25, 0.3) is 0 Å². The van der Waals surface area contributed by atoms with Gasteiger partial charge in [-0.05, 0) is 107 Å². The molecular formula is C24H39N. The van der Waals surface area contributed by atoms with E-state index in [1.165, 1.54) is 52.7 Å². The molecule has 0 radical (unpaired) electrons. The summed E-state index contributed by atoms with van der Waals surface area (Å²) in [6.07, 6.45) is 8.58. The molecule has 0 unspecified atom stereocenters. The van der Waals surface area contributed by atoms with Gasteiger partial charge in [-0.1, -0.05) is 37.1 Å². The number of allylic oxidation sites excluding steroid dienone is 9. The first-order valence-corrected chi connectivity index (χ1v) is 9.62. The molecule has 0 atom stereocenters. The molecule has 0 aromatic carbocycles. The minimum Gasteiger partial charge on any atom is -0.327 e. The van der Waals surface area contributed by atoms with Gasteiger partial charge in [0, 0.05) is 6.54 Å². The summed E-state index contributed by atoms with van der Waals surface area (Å²) in [7, 11) is 0. The highest BCUT2D eigenvalue weighted by molar-refractivity contribution is 5.46. The van der Waals surface area contributed by atoms with Gasteiger partial charge in [-0.15, -0.1) is 0 Å². The number of hydrogen-bond acceptors (Lipinski definition) is 1. The Hall–Kier alpha value is -1.34. The molecule has 2 N–H and O–H groups in total. The van der Waals surface area contributed by atoms with Gasteiger partial charge in [0.15, 0.2) is 0 Å². The third kappa shape index (κ3) is 5.57. The first-order valence-electron chi connectivity index (χ1n) is 9.62. The second kappa shape index (κ2) is 8.85. The van der Waals surface area contributed by atoms with Crippen LogP contribution in [0, 0.1) is 5.41 Å². The molecule has 1 aliphatic carbocycles. The van der Waals surface area contributed by atoms with Crippen LogP contribution in [0.3, 0.4) is 0 Å². The molecule has 0 saturated heterocycles. The standard InChI is InChI=1S/C24H39N/c1-16-11-10-12-24(8,9)23(16)14-19(4)21(6)17(2)13-18(3)22(7)20(5)15-25/h13-14H,10-12,15,25H2,1-9H3/b18-13+,19-14+,21-17+,22-20+. The van der Waals surface area contributed by atoms with E-state index in [-0.39, 0.29) is 0 Å². The van der Waals surface area contributed by atoms with Crippen molar-refractivity contribution < 1.29 is 0 Å². The molecule has 0 spiro atoms. The molecule has 0 heterocycles. The summed E-state index contributed by atoms with van der Waals surface area (Å²) in [5.41, 5.74) is 17.1. The van der Waals surface area contributed by atoms with Crippen molar-refractivity contribution in [3.8, 4) is 0 Å². The molecule has 0 aromatic rings. The van der Waals surface area contributed by atoms with Crippen LogP contribution < -0.4 is 5.73 Å². The van der Waals surface area contributed by atoms with E-state index in [4.69, 9.17) is 5.73 Å². The molecule has 0 saturated carbocycles. The highest BCUT2D eigenvalue weighted by atomic mass is 14.5. The Morgan fingerprint density at radius 2 is 1.60 bits per heavy atom. The normalized spacial score (nSPS) is 21.2. The van der Waals surface area contributed by atoms with Crippen molar-refractivity contribution in [1.29, 1.82) is 0 Å². The molecular weight excluding hydrogens is 302 g/mol. The fraction of sp³-hybridized carbons (Fsp3) is 0.583. The van der Waals surface area contributed by atoms with Crippen molar-refractivity contribution in [1.82, 2.24) is 0 Å². The highest BCUT2D eigenvalue weighted by Gasteiger charge is 2.27. The van der Waals surface area contributed by atoms with Gasteiger partial charge in [-0.3, -0.25) is 0 Å². The van der Waals surface area contributed by atoms with Crippen LogP contribution in [0.4, 0.5) is 0 Å². The van der Waals surface area contributed by atoms with E-state index in [0.29, 0.717) is 12.0 Å². The first kappa shape index (κ1) is 21.7. The maximum absolute atomic E-state index is 5.78. The molecule has 0 fully saturated rings. The molecule has 0 aliphatic heterocycles. The van der Waals surface area contributed by atoms with Gasteiger partial charge in [0.2, 0.25) is 0 Å². The van der Waals surface area contributed by atoms with Crippen LogP contribution in [-0.4, -0.2) is 6.54 Å². The fourth-order valence-electron chi connectivity index (χ4n) is 3.63. The van der Waals surface area contributed by atoms with Crippen LogP contribution in [0.15, 0.2) is 56.7 Å². The molecule has 1 aliphatic rings. The Morgan fingerprint density at radius 3 is 2.12 bits per heavy atom. The van der Waals surface area contributed by atoms with E-state index in [0.717, 1.165) is 0 Å². The van der Waals surface area contributed by atoms with Gasteiger partial charge >= 0.3 is 0 Å². The molecule has 1 heteroatoms. The van der Waals surface area contributed by atoms with Gasteiger partial charge in [0.05, 0.1) is 0 Å². The molecule has 0 amide bonds. The fourth-order valence-corrected chi connectivity index (χ4v) is 3.63. The summed E-state index contributed by atoms with van der Waals surface area (Å²) in [5, 5.41) is 0. The lowest BCUT2D eigenvalue weighted by atomic mass is 9.72. The third-order valence-corrected chi connectivity index (χ3v) is 6.06. The smallest absolute Gasteiger partial charge is 0.0139 e. The van der Waals surface area contributed by atoms with Crippen LogP contribution in [0.5, 0.6) is 0 Å². The topological polar surface area (TPSA) is 26.0 Å². The van der Waals surface area contributed by atoms with Crippen LogP contribution in [-0.2, 0) is 0 Å². The summed E-state index contributed by atoms with van der Waals surface area (Å²) in [6, 6.07) is 0. The van der Waals surface area contributed by atoms with Crippen molar-refractivity contribution in [3.05, 3.63) is 56.7 Å². The lowest BCUT2D eigenvalue weighted by Gasteiger charge is -2.33. The lowest BCUT2D eigenvalue weighted by molar-refractivity contribution is 0.376. The SMILES string of the molecule is CC1=C(/C=C(C)/C(C)=C(C)/C=C(C)/C(C)=C(\C)CN)C(C)(C)CCC1. The predicted octanol–water partition coefficient (Wildman–Crippen LogP) is 7.04. The Bertz CT molecular complexity index is 660. The summed E-state index contributed by atoms with van der Waals surface area (Å²) in [4.78, 5) is 0. The zero-order valence-electron chi connectivity index (χ0n) is 18.1. The zero-order valence-corrected chi connectivity index (χ0v) is 18.1. The van der Waals surface area contributed by atoms with Crippen molar-refractivity contribution in [3.63, 3.8) is 0 Å². The minimum absolute atomic E-state index is 0.293. The molecule has 140 valence electrons. The second-order valence-corrected chi connectivity index (χ2v) is 8.50. The molecule has 0 bridgehead atoms. The molecule has 0 aromatic heterocycles. The lowest BCUT2D eigenvalue weighted by Crippen LogP contribution is -2.19. The number of rotatable bonds is 5. The van der Waals surface area contributed by atoms with E-state index in [1.54, 1.807) is 11.1 Å². The van der Waals surface area contributed by atoms with E-state index in [9.17, 15) is 0 Å². The van der Waals surface area contributed by atoms with Gasteiger partial charge in [0.25, 0.3) is 0 Å². The highest BCUT2D eigenvalue weighted by Crippen LogP contribution is 2.41. The van der Waals surface area contributed by atoms with Crippen LogP contribution >= 0.6 is 0 Å². The Labute approximate surface area is 156 Å². The molecule has 25 heavy (non-hydrogen) atoms. The van der Waals surface area contributed by atoms with Crippen molar-refractivity contribution >= 4 is 0 Å². The van der Waals surface area contributed by atoms with E-state index < -0.39 is 0 Å². The third-order valence-electron chi connectivity index (χ3n) is 6.06. The number of hydrogen-bond donors (Lipinski definition) is 1. The maximum Gasteiger partial charge on any atom is 0.0139 e. The van der Waals surface area contributed by atoms with Crippen molar-refractivity contribution in [2.45, 2.75) is 81.6 Å². The van der Waals surface area contributed by atoms with E-state index in [2.05, 4.69) is 74.5 Å². The largest absolute Gasteiger partial charge is 0.327 e. The Morgan fingerprint density at radius 1 is 1.00 bits per heavy atom. The van der Waals surface area contributed by atoms with Gasteiger partial charge in [0.1, 0.15) is 0 Å². The van der Waals surface area contributed by atoms with Crippen LogP contribution in [0.1, 0.15) is 81.6 Å². The number of nitrogens with two attached hydrogens (primary N) is 1. The Balaban J connectivity index is 3.24. The monoisotopic (exact) mass is 341 g/mol. The van der Waals surface area contributed by atoms with Gasteiger partial charge in [-0.2, -0.15) is 0 Å². The summed E-state index contributed by atoms with van der Waals surface area (Å²) in [5.74, 6) is 0. The van der Waals surface area contributed by atoms with Crippen LogP contribution in [0.2, 0.25) is 0 Å². The van der Waals surface area contributed by atoms with Gasteiger partial charge < -0.3 is 5.73 Å². The van der Waals surface area contributed by atoms with Crippen molar-refractivity contribution in [2.75, 3.05) is 6.54 Å². The van der Waals surface area contributed by atoms with Gasteiger partial charge in [-0.25, -0.2) is 0 Å². The van der Waals surface area contributed by atoms with E-state index >= 15 is 0 Å². The Kier molecular flexibility index (Phi) is 7.68. The first-order chi connectivity index (χ1) is 11.5. The average Bonchev–Trinajstić information content (AvgIpc) is 2.55. The maximum atomic E-state index is 5.78. The quantitative estimate of drug-likeness (QED) is 0.533. The minimum atomic E-state index is 0.293. The average molecular weight is 342 g/mol. The van der Waals surface area contributed by atoms with E-state index in [1.807, 2.05) is 0 Å². The van der Waals surface area contributed by atoms with Crippen molar-refractivity contribution in [2.24, 2.45) is 11.1 Å². The summed E-state index contributed by atoms with van der Waals surface area (Å²) in [6.45, 7) is 20.9. The zero-order chi connectivity index (χ0) is 19.4. The second-order valence-electron chi connectivity index (χ2n) is 8.50.